The van der Waals surface area contributed by atoms with Crippen LogP contribution in [-0.2, 0) is 6.54 Å². The van der Waals surface area contributed by atoms with Gasteiger partial charge < -0.3 is 15.2 Å². The molecule has 0 radical (unpaired) electrons. The number of aromatic nitrogens is 1. The number of carbonyl (C=O) groups is 1. The predicted molar refractivity (Wildman–Crippen MR) is 110 cm³/mol. The molecule has 1 aromatic heterocycles. The molecule has 0 unspecified atom stereocenters. The van der Waals surface area contributed by atoms with Crippen molar-refractivity contribution in [3.05, 3.63) is 92.6 Å². The molecule has 0 aliphatic carbocycles. The number of benzene rings is 2. The number of carbonyl (C=O) groups excluding carboxylic acids is 1. The molecular weight excluding hydrogens is 395 g/mol. The molecule has 3 aromatic rings. The molecule has 29 heavy (non-hydrogen) atoms. The molecule has 1 heterocycles. The van der Waals surface area contributed by atoms with Crippen LogP contribution in [0.25, 0.3) is 0 Å². The lowest BCUT2D eigenvalue weighted by Crippen LogP contribution is -2.29. The Morgan fingerprint density at radius 2 is 1.97 bits per heavy atom. The molecule has 0 bridgehead atoms. The van der Waals surface area contributed by atoms with Crippen molar-refractivity contribution in [2.75, 3.05) is 10.6 Å². The molecule has 146 valence electrons. The maximum absolute atomic E-state index is 14.1. The molecule has 3 rings (SSSR count). The molecule has 0 fully saturated rings. The van der Waals surface area contributed by atoms with Crippen molar-refractivity contribution in [2.24, 2.45) is 0 Å². The van der Waals surface area contributed by atoms with E-state index in [1.807, 2.05) is 6.07 Å². The minimum atomic E-state index is -0.640. The highest BCUT2D eigenvalue weighted by atomic mass is 35.5. The summed E-state index contributed by atoms with van der Waals surface area (Å²) in [6, 6.07) is 13.5. The summed E-state index contributed by atoms with van der Waals surface area (Å²) >= 11 is 6.05. The second kappa shape index (κ2) is 8.59. The zero-order valence-electron chi connectivity index (χ0n) is 15.4. The normalized spacial score (nSPS) is 10.3. The fourth-order valence-electron chi connectivity index (χ4n) is 2.80. The molecule has 0 saturated carbocycles. The molecule has 2 amide bonds. The Balaban J connectivity index is 1.84. The van der Waals surface area contributed by atoms with Crippen LogP contribution in [-0.4, -0.2) is 10.6 Å². The van der Waals surface area contributed by atoms with Gasteiger partial charge in [-0.05, 0) is 48.9 Å². The van der Waals surface area contributed by atoms with Crippen LogP contribution in [0.2, 0.25) is 5.02 Å². The molecule has 6 nitrogen and oxygen atoms in total. The number of anilines is 2. The fraction of sp³-hybridized carbons (Fsp3) is 0.0952. The third-order valence-electron chi connectivity index (χ3n) is 4.11. The van der Waals surface area contributed by atoms with Crippen LogP contribution >= 0.6 is 11.6 Å². The average molecular weight is 411 g/mol. The highest BCUT2D eigenvalue weighted by Crippen LogP contribution is 2.20. The summed E-state index contributed by atoms with van der Waals surface area (Å²) in [6.07, 6.45) is 1.56. The van der Waals surface area contributed by atoms with Crippen LogP contribution in [0, 0.1) is 24.1 Å². The van der Waals surface area contributed by atoms with Crippen LogP contribution in [0.5, 0.6) is 0 Å². The summed E-state index contributed by atoms with van der Waals surface area (Å²) < 4.78 is 15.4. The number of pyridine rings is 1. The monoisotopic (exact) mass is 410 g/mol. The molecule has 0 saturated heterocycles. The predicted octanol–water partition coefficient (Wildman–Crippen LogP) is 4.51. The maximum atomic E-state index is 14.1. The van der Waals surface area contributed by atoms with Crippen LogP contribution in [0.4, 0.5) is 20.6 Å². The van der Waals surface area contributed by atoms with Gasteiger partial charge in [0.25, 0.3) is 5.56 Å². The molecule has 0 aliphatic heterocycles. The second-order valence-electron chi connectivity index (χ2n) is 6.34. The van der Waals surface area contributed by atoms with E-state index in [1.54, 1.807) is 37.4 Å². The molecule has 2 N–H and O–H groups in total. The van der Waals surface area contributed by atoms with E-state index in [2.05, 4.69) is 10.6 Å². The van der Waals surface area contributed by atoms with Crippen molar-refractivity contribution in [1.29, 1.82) is 5.26 Å². The Hall–Kier alpha value is -3.63. The summed E-state index contributed by atoms with van der Waals surface area (Å²) in [7, 11) is 0. The Morgan fingerprint density at radius 1 is 1.21 bits per heavy atom. The number of halogens is 2. The lowest BCUT2D eigenvalue weighted by atomic mass is 10.2. The number of rotatable bonds is 4. The molecule has 0 aliphatic rings. The molecule has 2 aromatic carbocycles. The van der Waals surface area contributed by atoms with Crippen molar-refractivity contribution in [1.82, 2.24) is 4.57 Å². The number of nitriles is 1. The number of hydrogen-bond donors (Lipinski definition) is 2. The summed E-state index contributed by atoms with van der Waals surface area (Å²) in [4.78, 5) is 25.0. The van der Waals surface area contributed by atoms with Gasteiger partial charge >= 0.3 is 6.03 Å². The van der Waals surface area contributed by atoms with Gasteiger partial charge in [0.2, 0.25) is 0 Å². The van der Waals surface area contributed by atoms with Gasteiger partial charge in [0.15, 0.2) is 0 Å². The van der Waals surface area contributed by atoms with E-state index in [4.69, 9.17) is 16.9 Å². The van der Waals surface area contributed by atoms with Crippen molar-refractivity contribution in [2.45, 2.75) is 13.5 Å². The van der Waals surface area contributed by atoms with E-state index < -0.39 is 17.4 Å². The summed E-state index contributed by atoms with van der Waals surface area (Å²) in [5, 5.41) is 14.2. The number of amides is 2. The first-order chi connectivity index (χ1) is 13.9. The zero-order valence-corrected chi connectivity index (χ0v) is 16.1. The van der Waals surface area contributed by atoms with Gasteiger partial charge in [0, 0.05) is 22.5 Å². The fourth-order valence-corrected chi connectivity index (χ4v) is 3.02. The third kappa shape index (κ3) is 4.81. The number of aryl methyl sites for hydroxylation is 1. The van der Waals surface area contributed by atoms with Gasteiger partial charge in [0.05, 0.1) is 18.2 Å². The van der Waals surface area contributed by atoms with Gasteiger partial charge in [-0.2, -0.15) is 5.26 Å². The minimum absolute atomic E-state index is 0.0337. The highest BCUT2D eigenvalue weighted by molar-refractivity contribution is 6.31. The standard InChI is InChI=1S/C21H16ClFN4O2/c1-13-8-19(26-21(29)25-15-5-2-4-14(9-15)10-24)20(28)27(11-13)12-16-17(22)6-3-7-18(16)23/h2-9,11H,12H2,1H3,(H2,25,26,29). The van der Waals surface area contributed by atoms with Crippen LogP contribution in [0.1, 0.15) is 16.7 Å². The van der Waals surface area contributed by atoms with Gasteiger partial charge in [-0.3, -0.25) is 4.79 Å². The lowest BCUT2D eigenvalue weighted by molar-refractivity contribution is 0.262. The summed E-state index contributed by atoms with van der Waals surface area (Å²) in [6.45, 7) is 1.67. The molecule has 0 atom stereocenters. The molecule has 0 spiro atoms. The van der Waals surface area contributed by atoms with Gasteiger partial charge in [-0.25, -0.2) is 9.18 Å². The van der Waals surface area contributed by atoms with Gasteiger partial charge in [-0.15, -0.1) is 0 Å². The van der Waals surface area contributed by atoms with Gasteiger partial charge in [-0.1, -0.05) is 23.7 Å². The first kappa shape index (κ1) is 20.1. The average Bonchev–Trinajstić information content (AvgIpc) is 2.68. The highest BCUT2D eigenvalue weighted by Gasteiger charge is 2.13. The zero-order chi connectivity index (χ0) is 21.0. The van der Waals surface area contributed by atoms with E-state index in [-0.39, 0.29) is 22.8 Å². The van der Waals surface area contributed by atoms with E-state index in [1.165, 1.54) is 28.8 Å². The van der Waals surface area contributed by atoms with E-state index in [0.29, 0.717) is 16.8 Å². The van der Waals surface area contributed by atoms with E-state index in [9.17, 15) is 14.0 Å². The number of nitrogens with one attached hydrogen (secondary N) is 2. The first-order valence-electron chi connectivity index (χ1n) is 8.59. The Labute approximate surface area is 171 Å². The van der Waals surface area contributed by atoms with Crippen molar-refractivity contribution >= 4 is 29.0 Å². The summed E-state index contributed by atoms with van der Waals surface area (Å²) in [5.41, 5.74) is 1.21. The Morgan fingerprint density at radius 3 is 2.69 bits per heavy atom. The Kier molecular flexibility index (Phi) is 5.96. The quantitative estimate of drug-likeness (QED) is 0.663. The Bertz CT molecular complexity index is 1160. The van der Waals surface area contributed by atoms with Crippen molar-refractivity contribution in [3.63, 3.8) is 0 Å². The van der Waals surface area contributed by atoms with Crippen LogP contribution < -0.4 is 16.2 Å². The first-order valence-corrected chi connectivity index (χ1v) is 8.97. The van der Waals surface area contributed by atoms with Crippen LogP contribution in [0.3, 0.4) is 0 Å². The SMILES string of the molecule is Cc1cc(NC(=O)Nc2cccc(C#N)c2)c(=O)n(Cc2c(F)cccc2Cl)c1. The number of urea groups is 1. The number of hydrogen-bond acceptors (Lipinski definition) is 3. The van der Waals surface area contributed by atoms with Crippen molar-refractivity contribution in [3.8, 4) is 6.07 Å². The number of nitrogens with zero attached hydrogens (tertiary/aromatic N) is 2. The maximum Gasteiger partial charge on any atom is 0.323 e. The topological polar surface area (TPSA) is 86.9 Å². The molecule has 8 heteroatoms. The van der Waals surface area contributed by atoms with Crippen LogP contribution in [0.15, 0.2) is 59.5 Å². The summed E-state index contributed by atoms with van der Waals surface area (Å²) in [5.74, 6) is -0.518. The largest absolute Gasteiger partial charge is 0.323 e. The van der Waals surface area contributed by atoms with E-state index in [0.717, 1.165) is 0 Å². The van der Waals surface area contributed by atoms with E-state index >= 15 is 0 Å². The van der Waals surface area contributed by atoms with Crippen molar-refractivity contribution < 1.29 is 9.18 Å². The molecular formula is C21H16ClFN4O2. The third-order valence-corrected chi connectivity index (χ3v) is 4.46. The van der Waals surface area contributed by atoms with Gasteiger partial charge in [0.1, 0.15) is 11.5 Å². The second-order valence-corrected chi connectivity index (χ2v) is 6.74. The smallest absolute Gasteiger partial charge is 0.309 e. The lowest BCUT2D eigenvalue weighted by Gasteiger charge is -2.13. The minimum Gasteiger partial charge on any atom is -0.309 e.